The van der Waals surface area contributed by atoms with E-state index in [0.29, 0.717) is 34.8 Å². The number of hydrogen-bond donors (Lipinski definition) is 2. The van der Waals surface area contributed by atoms with Gasteiger partial charge in [0, 0.05) is 11.5 Å². The van der Waals surface area contributed by atoms with E-state index in [1.165, 1.54) is 0 Å². The van der Waals surface area contributed by atoms with Gasteiger partial charge in [0.15, 0.2) is 11.4 Å². The smallest absolute Gasteiger partial charge is 0.248 e. The Morgan fingerprint density at radius 2 is 1.88 bits per heavy atom. The third-order valence-electron chi connectivity index (χ3n) is 6.48. The predicted octanol–water partition coefficient (Wildman–Crippen LogP) is 3.46. The molecule has 2 aromatic carbocycles. The molecule has 7 nitrogen and oxygen atoms in total. The zero-order valence-corrected chi connectivity index (χ0v) is 19.2. The molecular formula is C26H32N3O4+. The highest BCUT2D eigenvalue weighted by Gasteiger charge is 2.47. The number of quaternary nitrogens is 1. The van der Waals surface area contributed by atoms with Crippen LogP contribution in [-0.2, 0) is 12.1 Å². The average Bonchev–Trinajstić information content (AvgIpc) is 3.21. The van der Waals surface area contributed by atoms with Crippen LogP contribution in [-0.4, -0.2) is 47.7 Å². The molecular weight excluding hydrogens is 418 g/mol. The fourth-order valence-electron chi connectivity index (χ4n) is 4.24. The van der Waals surface area contributed by atoms with Crippen LogP contribution >= 0.6 is 0 Å². The van der Waals surface area contributed by atoms with Gasteiger partial charge in [0.25, 0.3) is 0 Å². The van der Waals surface area contributed by atoms with Gasteiger partial charge < -0.3 is 24.5 Å². The first-order valence-electron chi connectivity index (χ1n) is 11.4. The van der Waals surface area contributed by atoms with Gasteiger partial charge in [-0.1, -0.05) is 36.8 Å². The summed E-state index contributed by atoms with van der Waals surface area (Å²) < 4.78 is 12.6. The van der Waals surface area contributed by atoms with Crippen LogP contribution in [0.1, 0.15) is 46.8 Å². The van der Waals surface area contributed by atoms with Crippen molar-refractivity contribution in [3.05, 3.63) is 83.6 Å². The molecule has 0 bridgehead atoms. The molecule has 0 aliphatic heterocycles. The number of primary amides is 1. The summed E-state index contributed by atoms with van der Waals surface area (Å²) in [6, 6.07) is 16.5. The quantitative estimate of drug-likeness (QED) is 0.461. The maximum atomic E-state index is 11.7. The van der Waals surface area contributed by atoms with E-state index in [-0.39, 0.29) is 5.92 Å². The molecule has 0 radical (unpaired) electrons. The van der Waals surface area contributed by atoms with Crippen molar-refractivity contribution in [1.29, 1.82) is 0 Å². The molecule has 1 atom stereocenters. The Labute approximate surface area is 194 Å². The Kier molecular flexibility index (Phi) is 6.54. The summed E-state index contributed by atoms with van der Waals surface area (Å²) in [7, 11) is 4.19. The number of nitrogens with zero attached hydrogens (tertiary/aromatic N) is 2. The summed E-state index contributed by atoms with van der Waals surface area (Å²) in [5.41, 5.74) is 5.35. The summed E-state index contributed by atoms with van der Waals surface area (Å²) >= 11 is 0. The fourth-order valence-corrected chi connectivity index (χ4v) is 4.24. The second kappa shape index (κ2) is 9.37. The molecule has 3 aromatic rings. The number of aliphatic hydroxyl groups is 1. The number of ether oxygens (including phenoxy) is 1. The highest BCUT2D eigenvalue weighted by atomic mass is 16.5. The first-order valence-corrected chi connectivity index (χ1v) is 11.4. The molecule has 1 fully saturated rings. The van der Waals surface area contributed by atoms with Crippen LogP contribution < -0.4 is 10.5 Å². The molecule has 3 N–H and O–H groups in total. The normalized spacial score (nSPS) is 16.1. The van der Waals surface area contributed by atoms with Crippen molar-refractivity contribution >= 4 is 5.91 Å². The van der Waals surface area contributed by atoms with Crippen molar-refractivity contribution in [3.63, 3.8) is 0 Å². The molecule has 33 heavy (non-hydrogen) atoms. The van der Waals surface area contributed by atoms with Crippen molar-refractivity contribution in [3.8, 4) is 5.75 Å². The summed E-state index contributed by atoms with van der Waals surface area (Å²) in [4.78, 5) is 15.7. The van der Waals surface area contributed by atoms with Gasteiger partial charge in [-0.15, -0.1) is 0 Å². The second-order valence-electron chi connectivity index (χ2n) is 9.45. The van der Waals surface area contributed by atoms with Crippen molar-refractivity contribution in [2.75, 3.05) is 27.2 Å². The average molecular weight is 451 g/mol. The monoisotopic (exact) mass is 450 g/mol. The highest BCUT2D eigenvalue weighted by Crippen LogP contribution is 2.46. The highest BCUT2D eigenvalue weighted by molar-refractivity contribution is 5.92. The number of benzene rings is 2. The van der Waals surface area contributed by atoms with Gasteiger partial charge in [-0.05, 0) is 42.7 Å². The second-order valence-corrected chi connectivity index (χ2v) is 9.45. The summed E-state index contributed by atoms with van der Waals surface area (Å²) in [5, 5.41) is 11.7. The van der Waals surface area contributed by atoms with Crippen LogP contribution in [0.2, 0.25) is 0 Å². The molecule has 1 heterocycles. The number of amides is 1. The number of aromatic nitrogens is 1. The van der Waals surface area contributed by atoms with Gasteiger partial charge in [0.1, 0.15) is 25.4 Å². The van der Waals surface area contributed by atoms with Crippen LogP contribution in [0.4, 0.5) is 0 Å². The Morgan fingerprint density at radius 3 is 2.48 bits per heavy atom. The van der Waals surface area contributed by atoms with Gasteiger partial charge in [0.05, 0.1) is 20.3 Å². The van der Waals surface area contributed by atoms with Crippen molar-refractivity contribution in [1.82, 2.24) is 4.98 Å². The topological polar surface area (TPSA) is 98.6 Å². The first kappa shape index (κ1) is 23.0. The number of likely N-dealkylation sites (N-methyl/N-ethyl adjacent to an activating group) is 1. The van der Waals surface area contributed by atoms with Gasteiger partial charge in [-0.3, -0.25) is 4.79 Å². The molecule has 0 spiro atoms. The van der Waals surface area contributed by atoms with E-state index >= 15 is 0 Å². The number of oxazole rings is 1. The number of nitrogens with two attached hydrogens (primary N) is 1. The summed E-state index contributed by atoms with van der Waals surface area (Å²) in [6.45, 7) is 1.85. The molecule has 0 saturated heterocycles. The van der Waals surface area contributed by atoms with E-state index in [2.05, 4.69) is 19.1 Å². The number of carbonyl (C=O) groups excluding carboxylic acids is 1. The molecule has 1 aliphatic carbocycles. The van der Waals surface area contributed by atoms with Crippen molar-refractivity contribution in [2.45, 2.75) is 31.4 Å². The lowest BCUT2D eigenvalue weighted by atomic mass is 9.69. The van der Waals surface area contributed by atoms with E-state index in [4.69, 9.17) is 14.9 Å². The van der Waals surface area contributed by atoms with E-state index in [1.54, 1.807) is 30.5 Å². The van der Waals surface area contributed by atoms with E-state index in [1.807, 2.05) is 30.3 Å². The van der Waals surface area contributed by atoms with Gasteiger partial charge in [0.2, 0.25) is 11.8 Å². The molecule has 1 amide bonds. The van der Waals surface area contributed by atoms with Crippen LogP contribution in [0.3, 0.4) is 0 Å². The molecule has 4 rings (SSSR count). The third kappa shape index (κ3) is 5.10. The maximum absolute atomic E-state index is 11.7. The lowest BCUT2D eigenvalue weighted by Gasteiger charge is -2.39. The number of carbonyl (C=O) groups is 1. The lowest BCUT2D eigenvalue weighted by molar-refractivity contribution is -0.904. The summed E-state index contributed by atoms with van der Waals surface area (Å²) in [5.74, 6) is 1.45. The zero-order valence-electron chi connectivity index (χ0n) is 19.2. The standard InChI is InChI=1S/C26H31N3O4/c1-29(2,15-16-32-22-13-11-19(12-14-22)24(27)30)18-23-17-28-25(33-23)26(31,21-9-6-10-21)20-7-4-3-5-8-20/h3-5,7-8,11-14,17,21,31H,6,9-10,15-16,18H2,1-2H3,(H-,27,30)/p+1. The SMILES string of the molecule is C[N+](C)(CCOc1ccc(C(N)=O)cc1)Cc1cnc(C(O)(c2ccccc2)C2CCC2)o1. The summed E-state index contributed by atoms with van der Waals surface area (Å²) in [6.07, 6.45) is 4.76. The Bertz CT molecular complexity index is 1070. The van der Waals surface area contributed by atoms with Crippen LogP contribution in [0.25, 0.3) is 0 Å². The Morgan fingerprint density at radius 1 is 1.18 bits per heavy atom. The van der Waals surface area contributed by atoms with Crippen LogP contribution in [0.15, 0.2) is 65.2 Å². The molecule has 1 aliphatic rings. The maximum Gasteiger partial charge on any atom is 0.248 e. The van der Waals surface area contributed by atoms with E-state index in [0.717, 1.165) is 37.1 Å². The minimum absolute atomic E-state index is 0.114. The zero-order chi connectivity index (χ0) is 23.5. The number of rotatable bonds is 10. The molecule has 1 unspecified atom stereocenters. The van der Waals surface area contributed by atoms with Gasteiger partial charge in [-0.25, -0.2) is 4.98 Å². The minimum Gasteiger partial charge on any atom is -0.488 e. The Hall–Kier alpha value is -3.16. The van der Waals surface area contributed by atoms with E-state index < -0.39 is 11.5 Å². The van der Waals surface area contributed by atoms with Crippen molar-refractivity contribution in [2.24, 2.45) is 11.7 Å². The largest absolute Gasteiger partial charge is 0.488 e. The van der Waals surface area contributed by atoms with Crippen molar-refractivity contribution < 1.29 is 23.5 Å². The molecule has 174 valence electrons. The lowest BCUT2D eigenvalue weighted by Crippen LogP contribution is -2.42. The predicted molar refractivity (Wildman–Crippen MR) is 124 cm³/mol. The third-order valence-corrected chi connectivity index (χ3v) is 6.48. The van der Waals surface area contributed by atoms with Gasteiger partial charge in [-0.2, -0.15) is 0 Å². The van der Waals surface area contributed by atoms with Gasteiger partial charge >= 0.3 is 0 Å². The van der Waals surface area contributed by atoms with Crippen LogP contribution in [0, 0.1) is 5.92 Å². The molecule has 7 heteroatoms. The molecule has 1 aromatic heterocycles. The van der Waals surface area contributed by atoms with Crippen LogP contribution in [0.5, 0.6) is 5.75 Å². The molecule has 1 saturated carbocycles. The fraction of sp³-hybridized carbons (Fsp3) is 0.385. The minimum atomic E-state index is -1.20. The first-order chi connectivity index (χ1) is 15.8. The number of hydrogen-bond acceptors (Lipinski definition) is 5. The Balaban J connectivity index is 1.40. The van der Waals surface area contributed by atoms with E-state index in [9.17, 15) is 9.90 Å².